The molecule has 44 heavy (non-hydrogen) atoms. The van der Waals surface area contributed by atoms with E-state index in [1.165, 1.54) is 49.4 Å². The Kier molecular flexibility index (Phi) is 6.02. The summed E-state index contributed by atoms with van der Waals surface area (Å²) in [6.45, 7) is 0. The van der Waals surface area contributed by atoms with Crippen LogP contribution in [0, 0.1) is 0 Å². The van der Waals surface area contributed by atoms with E-state index < -0.39 is 0 Å². The second-order valence-corrected chi connectivity index (χ2v) is 11.3. The fraction of sp³-hybridized carbons (Fsp3) is 0.0500. The highest BCUT2D eigenvalue weighted by atomic mass is 16.1. The molecule has 0 aliphatic carbocycles. The van der Waals surface area contributed by atoms with Gasteiger partial charge in [-0.3, -0.25) is 14.1 Å². The minimum absolute atomic E-state index is 0.0203. The maximum absolute atomic E-state index is 12.6. The van der Waals surface area contributed by atoms with Crippen molar-refractivity contribution < 1.29 is 0 Å². The lowest BCUT2D eigenvalue weighted by Gasteiger charge is -2.19. The van der Waals surface area contributed by atoms with Gasteiger partial charge in [0.05, 0.1) is 11.0 Å². The molecule has 0 radical (unpaired) electrons. The van der Waals surface area contributed by atoms with Crippen LogP contribution >= 0.6 is 0 Å². The number of aromatic nitrogens is 3. The highest BCUT2D eigenvalue weighted by Crippen LogP contribution is 2.45. The lowest BCUT2D eigenvalue weighted by molar-refractivity contribution is 0.795. The molecule has 0 saturated carbocycles. The Morgan fingerprint density at radius 1 is 0.432 bits per heavy atom. The predicted octanol–water partition coefficient (Wildman–Crippen LogP) is 9.25. The normalized spacial score (nSPS) is 11.5. The van der Waals surface area contributed by atoms with Gasteiger partial charge in [-0.25, -0.2) is 4.79 Å². The summed E-state index contributed by atoms with van der Waals surface area (Å²) in [5.74, 6) is 0. The van der Waals surface area contributed by atoms with Crippen molar-refractivity contribution in [3.63, 3.8) is 0 Å². The Bertz CT molecular complexity index is 2400. The first-order valence-electron chi connectivity index (χ1n) is 14.8. The lowest BCUT2D eigenvalue weighted by Crippen LogP contribution is -2.19. The van der Waals surface area contributed by atoms with Gasteiger partial charge in [0, 0.05) is 26.5 Å². The second-order valence-electron chi connectivity index (χ2n) is 11.3. The van der Waals surface area contributed by atoms with Crippen LogP contribution in [0.2, 0.25) is 0 Å². The van der Waals surface area contributed by atoms with Crippen LogP contribution in [-0.2, 0) is 14.1 Å². The molecule has 0 unspecified atom stereocenters. The molecule has 2 heterocycles. The van der Waals surface area contributed by atoms with Gasteiger partial charge in [0.1, 0.15) is 0 Å². The third kappa shape index (κ3) is 4.07. The maximum Gasteiger partial charge on any atom is 0.328 e. The molecule has 0 aliphatic heterocycles. The molecule has 0 aliphatic rings. The second kappa shape index (κ2) is 10.2. The monoisotopic (exact) mass is 567 g/mol. The quantitative estimate of drug-likeness (QED) is 0.199. The molecule has 4 heteroatoms. The van der Waals surface area contributed by atoms with Crippen molar-refractivity contribution in [3.8, 4) is 44.5 Å². The molecular weight excluding hydrogens is 538 g/mol. The van der Waals surface area contributed by atoms with E-state index in [1.807, 2.05) is 44.7 Å². The summed E-state index contributed by atoms with van der Waals surface area (Å²) in [5.41, 5.74) is 11.2. The first-order valence-corrected chi connectivity index (χ1v) is 14.8. The van der Waals surface area contributed by atoms with E-state index in [4.69, 9.17) is 0 Å². The number of nitrogens with zero attached hydrogens (tertiary/aromatic N) is 3. The lowest BCUT2D eigenvalue weighted by atomic mass is 9.84. The summed E-state index contributed by atoms with van der Waals surface area (Å²) in [4.78, 5) is 16.8. The van der Waals surface area contributed by atoms with Gasteiger partial charge in [-0.15, -0.1) is 0 Å². The van der Waals surface area contributed by atoms with Crippen molar-refractivity contribution in [3.05, 3.63) is 150 Å². The van der Waals surface area contributed by atoms with Crippen molar-refractivity contribution in [2.45, 2.75) is 0 Å². The van der Waals surface area contributed by atoms with Crippen LogP contribution < -0.4 is 5.69 Å². The van der Waals surface area contributed by atoms with Crippen molar-refractivity contribution in [1.29, 1.82) is 0 Å². The molecular formula is C40H29N3O. The topological polar surface area (TPSA) is 39.8 Å². The molecule has 0 spiro atoms. The zero-order valence-corrected chi connectivity index (χ0v) is 24.5. The first-order chi connectivity index (χ1) is 21.6. The number of fused-ring (bicyclic) bond motifs is 3. The van der Waals surface area contributed by atoms with Gasteiger partial charge in [-0.05, 0) is 96.4 Å². The highest BCUT2D eigenvalue weighted by molar-refractivity contribution is 6.22. The number of hydrogen-bond acceptors (Lipinski definition) is 2. The van der Waals surface area contributed by atoms with E-state index in [2.05, 4.69) is 114 Å². The highest BCUT2D eigenvalue weighted by Gasteiger charge is 2.18. The molecule has 210 valence electrons. The summed E-state index contributed by atoms with van der Waals surface area (Å²) >= 11 is 0. The van der Waals surface area contributed by atoms with E-state index in [0.29, 0.717) is 0 Å². The molecule has 2 aromatic heterocycles. The Morgan fingerprint density at radius 3 is 1.66 bits per heavy atom. The molecule has 0 bridgehead atoms. The average molecular weight is 568 g/mol. The van der Waals surface area contributed by atoms with Gasteiger partial charge in [0.15, 0.2) is 0 Å². The number of pyridine rings is 1. The zero-order chi connectivity index (χ0) is 29.8. The van der Waals surface area contributed by atoms with Crippen LogP contribution in [0.1, 0.15) is 0 Å². The third-order valence-electron chi connectivity index (χ3n) is 8.88. The summed E-state index contributed by atoms with van der Waals surface area (Å²) < 4.78 is 3.42. The van der Waals surface area contributed by atoms with Crippen LogP contribution in [0.5, 0.6) is 0 Å². The van der Waals surface area contributed by atoms with Gasteiger partial charge in [0.2, 0.25) is 0 Å². The van der Waals surface area contributed by atoms with Crippen LogP contribution in [0.15, 0.2) is 145 Å². The Morgan fingerprint density at radius 2 is 0.932 bits per heavy atom. The summed E-state index contributed by atoms with van der Waals surface area (Å²) in [7, 11) is 3.66. The smallest absolute Gasteiger partial charge is 0.295 e. The van der Waals surface area contributed by atoms with Crippen LogP contribution in [0.4, 0.5) is 0 Å². The van der Waals surface area contributed by atoms with Gasteiger partial charge >= 0.3 is 5.69 Å². The molecule has 6 aromatic carbocycles. The number of hydrogen-bond donors (Lipinski definition) is 0. The average Bonchev–Trinajstić information content (AvgIpc) is 3.30. The number of aryl methyl sites for hydroxylation is 2. The largest absolute Gasteiger partial charge is 0.328 e. The van der Waals surface area contributed by atoms with Crippen molar-refractivity contribution in [2.24, 2.45) is 14.1 Å². The minimum Gasteiger partial charge on any atom is -0.295 e. The molecule has 4 nitrogen and oxygen atoms in total. The van der Waals surface area contributed by atoms with E-state index in [0.717, 1.165) is 27.7 Å². The van der Waals surface area contributed by atoms with Crippen LogP contribution in [0.25, 0.3) is 77.1 Å². The van der Waals surface area contributed by atoms with Gasteiger partial charge < -0.3 is 0 Å². The van der Waals surface area contributed by atoms with Gasteiger partial charge in [0.25, 0.3) is 0 Å². The van der Waals surface area contributed by atoms with Crippen LogP contribution in [0.3, 0.4) is 0 Å². The SMILES string of the molecule is Cn1c(=O)n(C)c2cc(-c3ccc4c(-c5ccc(-c6ccncc6)cc5)c5ccccc5c(-c5ccccc5)c4c3)ccc21. The minimum atomic E-state index is -0.0203. The fourth-order valence-electron chi connectivity index (χ4n) is 6.64. The number of benzene rings is 6. The van der Waals surface area contributed by atoms with E-state index in [-0.39, 0.29) is 5.69 Å². The molecule has 0 N–H and O–H groups in total. The first kappa shape index (κ1) is 25.9. The molecule has 8 rings (SSSR count). The molecule has 0 amide bonds. The number of rotatable bonds is 4. The van der Waals surface area contributed by atoms with Crippen LogP contribution in [-0.4, -0.2) is 14.1 Å². The van der Waals surface area contributed by atoms with Crippen molar-refractivity contribution in [2.75, 3.05) is 0 Å². The summed E-state index contributed by atoms with van der Waals surface area (Å²) in [6.07, 6.45) is 3.67. The van der Waals surface area contributed by atoms with Crippen molar-refractivity contribution in [1.82, 2.24) is 14.1 Å². The standard InChI is InChI=1S/C40H29N3O/c1-42-36-19-17-31(25-37(36)43(2)40(42)44)30-16-18-34-35(24-30)39(28-8-4-3-5-9-28)33-11-7-6-10-32(33)38(34)29-14-12-26(13-15-29)27-20-22-41-23-21-27/h3-25H,1-2H3. The van der Waals surface area contributed by atoms with E-state index >= 15 is 0 Å². The predicted molar refractivity (Wildman–Crippen MR) is 183 cm³/mol. The zero-order valence-electron chi connectivity index (χ0n) is 24.5. The fourth-order valence-corrected chi connectivity index (χ4v) is 6.64. The Balaban J connectivity index is 1.41. The summed E-state index contributed by atoms with van der Waals surface area (Å²) in [6, 6.07) is 45.5. The number of imidazole rings is 1. The summed E-state index contributed by atoms with van der Waals surface area (Å²) in [5, 5.41) is 4.85. The van der Waals surface area contributed by atoms with E-state index in [1.54, 1.807) is 9.13 Å². The Labute approximate surface area is 255 Å². The third-order valence-corrected chi connectivity index (χ3v) is 8.88. The molecule has 0 fully saturated rings. The maximum atomic E-state index is 12.6. The molecule has 8 aromatic rings. The molecule has 0 atom stereocenters. The molecule has 0 saturated heterocycles. The van der Waals surface area contributed by atoms with E-state index in [9.17, 15) is 4.79 Å². The van der Waals surface area contributed by atoms with Gasteiger partial charge in [-0.2, -0.15) is 0 Å². The van der Waals surface area contributed by atoms with Crippen molar-refractivity contribution >= 4 is 32.6 Å². The van der Waals surface area contributed by atoms with Gasteiger partial charge in [-0.1, -0.05) is 97.1 Å². The Hall–Kier alpha value is -5.74.